The monoisotopic (exact) mass is 513 g/mol. The Morgan fingerprint density at radius 2 is 1.26 bits per heavy atom. The van der Waals surface area contributed by atoms with Gasteiger partial charge in [0.25, 0.3) is 0 Å². The van der Waals surface area contributed by atoms with Crippen LogP contribution in [0.25, 0.3) is 10.4 Å². The molecule has 3 aromatic rings. The molecule has 0 N–H and O–H groups in total. The number of esters is 3. The number of azide groups is 1. The molecule has 3 rings (SSSR count). The van der Waals surface area contributed by atoms with Crippen LogP contribution >= 0.6 is 0 Å². The van der Waals surface area contributed by atoms with Crippen molar-refractivity contribution in [3.63, 3.8) is 0 Å². The lowest BCUT2D eigenvalue weighted by atomic mass is 10.0. The number of hydrogen-bond acceptors (Lipinski definition) is 7. The van der Waals surface area contributed by atoms with Gasteiger partial charge in [0.05, 0.1) is 16.7 Å². The molecule has 0 unspecified atom stereocenters. The molecule has 38 heavy (non-hydrogen) atoms. The maximum absolute atomic E-state index is 12.9. The zero-order valence-electron chi connectivity index (χ0n) is 20.6. The van der Waals surface area contributed by atoms with E-state index >= 15 is 0 Å². The topological polar surface area (TPSA) is 128 Å². The first-order valence-corrected chi connectivity index (χ1v) is 11.9. The van der Waals surface area contributed by atoms with Crippen molar-refractivity contribution in [1.29, 1.82) is 0 Å². The molecular weight excluding hydrogens is 486 g/mol. The van der Waals surface area contributed by atoms with E-state index in [1.165, 1.54) is 0 Å². The van der Waals surface area contributed by atoms with E-state index in [2.05, 4.69) is 16.6 Å². The number of carbonyl (C=O) groups excluding carboxylic acids is 3. The van der Waals surface area contributed by atoms with Crippen molar-refractivity contribution in [2.45, 2.75) is 31.1 Å². The van der Waals surface area contributed by atoms with E-state index in [9.17, 15) is 19.9 Å². The van der Waals surface area contributed by atoms with Gasteiger partial charge < -0.3 is 14.2 Å². The highest BCUT2D eigenvalue weighted by molar-refractivity contribution is 5.90. The second kappa shape index (κ2) is 14.6. The van der Waals surface area contributed by atoms with E-state index < -0.39 is 36.2 Å². The van der Waals surface area contributed by atoms with Crippen molar-refractivity contribution >= 4 is 17.9 Å². The summed E-state index contributed by atoms with van der Waals surface area (Å²) in [6.45, 7) is 3.36. The van der Waals surface area contributed by atoms with E-state index in [1.807, 2.05) is 0 Å². The van der Waals surface area contributed by atoms with Crippen LogP contribution in [-0.4, -0.2) is 42.8 Å². The number of hydrogen-bond donors (Lipinski definition) is 0. The lowest BCUT2D eigenvalue weighted by Gasteiger charge is -2.27. The number of nitrogens with zero attached hydrogens (tertiary/aromatic N) is 3. The maximum Gasteiger partial charge on any atom is 0.338 e. The fourth-order valence-electron chi connectivity index (χ4n) is 3.59. The summed E-state index contributed by atoms with van der Waals surface area (Å²) in [6.07, 6.45) is -0.0805. The van der Waals surface area contributed by atoms with Crippen LogP contribution < -0.4 is 0 Å². The van der Waals surface area contributed by atoms with Crippen LogP contribution in [0.2, 0.25) is 0 Å². The lowest BCUT2D eigenvalue weighted by Crippen LogP contribution is -2.38. The van der Waals surface area contributed by atoms with Crippen LogP contribution in [0.3, 0.4) is 0 Å². The summed E-state index contributed by atoms with van der Waals surface area (Å²) in [6, 6.07) is 23.9. The minimum Gasteiger partial charge on any atom is -0.462 e. The molecule has 194 valence electrons. The molecule has 0 spiro atoms. The third-order valence-electron chi connectivity index (χ3n) is 5.50. The normalized spacial score (nSPS) is 12.6. The second-order valence-electron chi connectivity index (χ2n) is 8.20. The van der Waals surface area contributed by atoms with E-state index in [0.29, 0.717) is 11.1 Å². The minimum atomic E-state index is -1.09. The Kier molecular flexibility index (Phi) is 10.7. The van der Waals surface area contributed by atoms with Crippen LogP contribution in [0.4, 0.5) is 0 Å². The molecule has 0 aliphatic rings. The van der Waals surface area contributed by atoms with Crippen molar-refractivity contribution in [2.75, 3.05) is 6.61 Å². The molecule has 9 nitrogen and oxygen atoms in total. The number of ether oxygens (including phenoxy) is 3. The Hall–Kier alpha value is -4.88. The first-order valence-electron chi connectivity index (χ1n) is 11.9. The summed E-state index contributed by atoms with van der Waals surface area (Å²) in [7, 11) is 0. The second-order valence-corrected chi connectivity index (χ2v) is 8.20. The van der Waals surface area contributed by atoms with E-state index in [1.54, 1.807) is 97.1 Å². The molecule has 3 atom stereocenters. The van der Waals surface area contributed by atoms with Gasteiger partial charge in [-0.1, -0.05) is 65.8 Å². The zero-order valence-corrected chi connectivity index (χ0v) is 20.6. The highest BCUT2D eigenvalue weighted by atomic mass is 16.6. The molecule has 0 bridgehead atoms. The van der Waals surface area contributed by atoms with Crippen molar-refractivity contribution in [3.05, 3.63) is 131 Å². The Balaban J connectivity index is 1.82. The summed E-state index contributed by atoms with van der Waals surface area (Å²) >= 11 is 0. The van der Waals surface area contributed by atoms with Crippen LogP contribution in [0.5, 0.6) is 0 Å². The van der Waals surface area contributed by atoms with Crippen LogP contribution in [0.15, 0.2) is 109 Å². The standard InChI is InChI=1S/C29H27N3O6/c1-2-12-24(37-28(34)22-15-8-4-9-16-22)19-26(38-29(35)23-17-10-5-11-18-23)25(31-32-30)20-36-27(33)21-13-6-3-7-14-21/h2-11,13-18,24-26H,1,12,19-20H2/t24-,25+,26+/m1/s1. The molecular formula is C29H27N3O6. The zero-order chi connectivity index (χ0) is 27.2. The molecule has 0 amide bonds. The quantitative estimate of drug-likeness (QED) is 0.0695. The first-order chi connectivity index (χ1) is 18.5. The molecule has 0 radical (unpaired) electrons. The van der Waals surface area contributed by atoms with E-state index in [-0.39, 0.29) is 25.0 Å². The number of benzene rings is 3. The summed E-state index contributed by atoms with van der Waals surface area (Å²) in [4.78, 5) is 41.0. The molecule has 9 heteroatoms. The molecule has 0 fully saturated rings. The van der Waals surface area contributed by atoms with Gasteiger partial charge in [0.1, 0.15) is 24.9 Å². The Bertz CT molecular complexity index is 1260. The van der Waals surface area contributed by atoms with Gasteiger partial charge in [-0.25, -0.2) is 14.4 Å². The van der Waals surface area contributed by atoms with Gasteiger partial charge >= 0.3 is 17.9 Å². The lowest BCUT2D eigenvalue weighted by molar-refractivity contribution is -0.0130. The van der Waals surface area contributed by atoms with Crippen molar-refractivity contribution in [2.24, 2.45) is 5.11 Å². The van der Waals surface area contributed by atoms with Crippen molar-refractivity contribution in [1.82, 2.24) is 0 Å². The van der Waals surface area contributed by atoms with Crippen LogP contribution in [0.1, 0.15) is 43.9 Å². The molecule has 0 heterocycles. The molecule has 0 aliphatic heterocycles. The van der Waals surface area contributed by atoms with Crippen LogP contribution in [-0.2, 0) is 14.2 Å². The van der Waals surface area contributed by atoms with Gasteiger partial charge in [-0.2, -0.15) is 0 Å². The predicted octanol–water partition coefficient (Wildman–Crippen LogP) is 5.94. The average Bonchev–Trinajstić information content (AvgIpc) is 2.96. The van der Waals surface area contributed by atoms with Gasteiger partial charge in [-0.15, -0.1) is 6.58 Å². The summed E-state index contributed by atoms with van der Waals surface area (Å²) < 4.78 is 16.8. The minimum absolute atomic E-state index is 0.0320. The Morgan fingerprint density at radius 3 is 1.74 bits per heavy atom. The van der Waals surface area contributed by atoms with Crippen LogP contribution in [0, 0.1) is 0 Å². The van der Waals surface area contributed by atoms with Gasteiger partial charge in [0, 0.05) is 17.8 Å². The molecule has 0 saturated carbocycles. The molecule has 0 aliphatic carbocycles. The van der Waals surface area contributed by atoms with E-state index in [0.717, 1.165) is 0 Å². The van der Waals surface area contributed by atoms with Gasteiger partial charge in [-0.3, -0.25) is 0 Å². The third kappa shape index (κ3) is 8.36. The van der Waals surface area contributed by atoms with Crippen molar-refractivity contribution < 1.29 is 28.6 Å². The van der Waals surface area contributed by atoms with Crippen molar-refractivity contribution in [3.8, 4) is 0 Å². The molecule has 0 saturated heterocycles. The average molecular weight is 514 g/mol. The maximum atomic E-state index is 12.9. The molecule has 0 aromatic heterocycles. The first kappa shape index (κ1) is 27.7. The number of carbonyl (C=O) groups is 3. The van der Waals surface area contributed by atoms with Gasteiger partial charge in [-0.05, 0) is 41.9 Å². The predicted molar refractivity (Wildman–Crippen MR) is 140 cm³/mol. The number of rotatable bonds is 13. The smallest absolute Gasteiger partial charge is 0.338 e. The Morgan fingerprint density at radius 1 is 0.789 bits per heavy atom. The summed E-state index contributed by atoms with van der Waals surface area (Å²) in [5.74, 6) is -1.87. The Labute approximate surface area is 220 Å². The fraction of sp³-hybridized carbons (Fsp3) is 0.207. The van der Waals surface area contributed by atoms with E-state index in [4.69, 9.17) is 14.2 Å². The SMILES string of the molecule is C=CC[C@H](C[C@H](OC(=O)c1ccccc1)[C@H](COC(=O)c1ccccc1)N=[N+]=[N-])OC(=O)c1ccccc1. The largest absolute Gasteiger partial charge is 0.462 e. The highest BCUT2D eigenvalue weighted by Gasteiger charge is 2.31. The highest BCUT2D eigenvalue weighted by Crippen LogP contribution is 2.20. The third-order valence-corrected chi connectivity index (χ3v) is 5.50. The summed E-state index contributed by atoms with van der Waals surface area (Å²) in [5, 5.41) is 3.75. The van der Waals surface area contributed by atoms with Gasteiger partial charge in [0.15, 0.2) is 0 Å². The summed E-state index contributed by atoms with van der Waals surface area (Å²) in [5.41, 5.74) is 10.2. The molecule has 3 aromatic carbocycles. The van der Waals surface area contributed by atoms with Gasteiger partial charge in [0.2, 0.25) is 0 Å². The fourth-order valence-corrected chi connectivity index (χ4v) is 3.59.